The largest absolute Gasteiger partial charge is 0.350 e. The van der Waals surface area contributed by atoms with E-state index in [9.17, 15) is 8.42 Å². The predicted molar refractivity (Wildman–Crippen MR) is 65.4 cm³/mol. The standard InChI is InChI=1S/C10H16N4O2S/c1-8-7-17(15,16)5-4-14(8)10-9(6-11)12-2-3-13-10/h2-3,8H,4-7,11H2,1H3. The molecule has 0 amide bonds. The fourth-order valence-corrected chi connectivity index (χ4v) is 3.61. The van der Waals surface area contributed by atoms with E-state index in [4.69, 9.17) is 5.73 Å². The fourth-order valence-electron chi connectivity index (χ4n) is 2.06. The summed E-state index contributed by atoms with van der Waals surface area (Å²) < 4.78 is 23.0. The first-order valence-corrected chi connectivity index (χ1v) is 7.32. The molecule has 2 rings (SSSR count). The summed E-state index contributed by atoms with van der Waals surface area (Å²) in [5, 5.41) is 0. The Morgan fingerprint density at radius 3 is 2.82 bits per heavy atom. The molecule has 0 aliphatic carbocycles. The van der Waals surface area contributed by atoms with E-state index in [1.807, 2.05) is 11.8 Å². The predicted octanol–water partition coefficient (Wildman–Crippen LogP) is -0.441. The molecule has 6 nitrogen and oxygen atoms in total. The molecule has 1 fully saturated rings. The number of hydrogen-bond donors (Lipinski definition) is 1. The first-order chi connectivity index (χ1) is 8.03. The monoisotopic (exact) mass is 256 g/mol. The zero-order valence-corrected chi connectivity index (χ0v) is 10.5. The van der Waals surface area contributed by atoms with Crippen LogP contribution in [-0.2, 0) is 16.4 Å². The molecule has 1 aliphatic heterocycles. The van der Waals surface area contributed by atoms with Crippen LogP contribution in [0.3, 0.4) is 0 Å². The Balaban J connectivity index is 2.29. The summed E-state index contributed by atoms with van der Waals surface area (Å²) in [5.41, 5.74) is 6.32. The van der Waals surface area contributed by atoms with Gasteiger partial charge < -0.3 is 10.6 Å². The number of nitrogens with two attached hydrogens (primary N) is 1. The highest BCUT2D eigenvalue weighted by Crippen LogP contribution is 2.21. The summed E-state index contributed by atoms with van der Waals surface area (Å²) in [6.45, 7) is 2.64. The SMILES string of the molecule is CC1CS(=O)(=O)CCN1c1nccnc1CN. The molecule has 0 spiro atoms. The minimum atomic E-state index is -2.91. The number of anilines is 1. The maximum Gasteiger partial charge on any atom is 0.154 e. The van der Waals surface area contributed by atoms with Gasteiger partial charge in [-0.2, -0.15) is 0 Å². The van der Waals surface area contributed by atoms with Gasteiger partial charge in [-0.15, -0.1) is 0 Å². The second-order valence-corrected chi connectivity index (χ2v) is 6.42. The van der Waals surface area contributed by atoms with Crippen molar-refractivity contribution in [1.82, 2.24) is 9.97 Å². The molecule has 1 unspecified atom stereocenters. The van der Waals surface area contributed by atoms with Crippen molar-refractivity contribution in [2.75, 3.05) is 23.0 Å². The molecule has 2 heterocycles. The average Bonchev–Trinajstić information content (AvgIpc) is 2.28. The van der Waals surface area contributed by atoms with Crippen molar-refractivity contribution in [1.29, 1.82) is 0 Å². The number of sulfone groups is 1. The fraction of sp³-hybridized carbons (Fsp3) is 0.600. The Kier molecular flexibility index (Phi) is 3.30. The molecule has 0 saturated carbocycles. The summed E-state index contributed by atoms with van der Waals surface area (Å²) in [7, 11) is -2.91. The van der Waals surface area contributed by atoms with Crippen LogP contribution in [0.15, 0.2) is 12.4 Å². The summed E-state index contributed by atoms with van der Waals surface area (Å²) in [6, 6.07) is -0.0873. The van der Waals surface area contributed by atoms with Crippen LogP contribution in [0.1, 0.15) is 12.6 Å². The maximum atomic E-state index is 11.5. The van der Waals surface area contributed by atoms with Crippen molar-refractivity contribution in [3.63, 3.8) is 0 Å². The number of hydrogen-bond acceptors (Lipinski definition) is 6. The topological polar surface area (TPSA) is 89.2 Å². The van der Waals surface area contributed by atoms with E-state index in [-0.39, 0.29) is 17.5 Å². The third kappa shape index (κ3) is 2.55. The second kappa shape index (κ2) is 4.58. The van der Waals surface area contributed by atoms with E-state index in [1.54, 1.807) is 12.4 Å². The first-order valence-electron chi connectivity index (χ1n) is 5.50. The number of rotatable bonds is 2. The van der Waals surface area contributed by atoms with Crippen molar-refractivity contribution in [3.8, 4) is 0 Å². The molecule has 1 aromatic heterocycles. The van der Waals surface area contributed by atoms with Crippen LogP contribution in [0.2, 0.25) is 0 Å². The smallest absolute Gasteiger partial charge is 0.154 e. The van der Waals surface area contributed by atoms with E-state index in [0.29, 0.717) is 24.6 Å². The maximum absolute atomic E-state index is 11.5. The number of aromatic nitrogens is 2. The van der Waals surface area contributed by atoms with Gasteiger partial charge in [0.1, 0.15) is 0 Å². The van der Waals surface area contributed by atoms with Crippen LogP contribution in [0.5, 0.6) is 0 Å². The van der Waals surface area contributed by atoms with Gasteiger partial charge in [0.15, 0.2) is 15.7 Å². The van der Waals surface area contributed by atoms with Crippen molar-refractivity contribution in [2.45, 2.75) is 19.5 Å². The lowest BCUT2D eigenvalue weighted by atomic mass is 10.2. The Morgan fingerprint density at radius 2 is 2.18 bits per heavy atom. The molecule has 0 aromatic carbocycles. The lowest BCUT2D eigenvalue weighted by Crippen LogP contribution is -2.47. The highest BCUT2D eigenvalue weighted by Gasteiger charge is 2.30. The van der Waals surface area contributed by atoms with Gasteiger partial charge in [0.25, 0.3) is 0 Å². The minimum Gasteiger partial charge on any atom is -0.350 e. The molecular formula is C10H16N4O2S. The lowest BCUT2D eigenvalue weighted by Gasteiger charge is -2.34. The van der Waals surface area contributed by atoms with Crippen LogP contribution >= 0.6 is 0 Å². The molecule has 94 valence electrons. The summed E-state index contributed by atoms with van der Waals surface area (Å²) in [4.78, 5) is 10.4. The molecular weight excluding hydrogens is 240 g/mol. The molecule has 7 heteroatoms. The van der Waals surface area contributed by atoms with Gasteiger partial charge in [0.05, 0.1) is 17.2 Å². The molecule has 2 N–H and O–H groups in total. The third-order valence-corrected chi connectivity index (χ3v) is 4.68. The summed E-state index contributed by atoms with van der Waals surface area (Å²) in [5.74, 6) is 1.03. The zero-order valence-electron chi connectivity index (χ0n) is 9.70. The van der Waals surface area contributed by atoms with Crippen LogP contribution in [0, 0.1) is 0 Å². The molecule has 0 radical (unpaired) electrons. The van der Waals surface area contributed by atoms with Gasteiger partial charge in [0.2, 0.25) is 0 Å². The first kappa shape index (κ1) is 12.3. The van der Waals surface area contributed by atoms with Crippen LogP contribution in [0.25, 0.3) is 0 Å². The van der Waals surface area contributed by atoms with E-state index in [1.165, 1.54) is 0 Å². The highest BCUT2D eigenvalue weighted by molar-refractivity contribution is 7.91. The van der Waals surface area contributed by atoms with Gasteiger partial charge in [-0.25, -0.2) is 13.4 Å². The van der Waals surface area contributed by atoms with Crippen LogP contribution < -0.4 is 10.6 Å². The molecule has 0 bridgehead atoms. The van der Waals surface area contributed by atoms with Crippen molar-refractivity contribution >= 4 is 15.7 Å². The average molecular weight is 256 g/mol. The second-order valence-electron chi connectivity index (χ2n) is 4.19. The van der Waals surface area contributed by atoms with Crippen LogP contribution in [-0.4, -0.2) is 42.5 Å². The summed E-state index contributed by atoms with van der Waals surface area (Å²) in [6.07, 6.45) is 3.20. The Hall–Kier alpha value is -1.21. The Labute approximate surface area is 101 Å². The van der Waals surface area contributed by atoms with Gasteiger partial charge in [0, 0.05) is 31.5 Å². The van der Waals surface area contributed by atoms with E-state index >= 15 is 0 Å². The van der Waals surface area contributed by atoms with Gasteiger partial charge >= 0.3 is 0 Å². The number of nitrogens with zero attached hydrogens (tertiary/aromatic N) is 3. The minimum absolute atomic E-state index is 0.0873. The van der Waals surface area contributed by atoms with Crippen LogP contribution in [0.4, 0.5) is 5.82 Å². The molecule has 1 aromatic rings. The Morgan fingerprint density at radius 1 is 1.47 bits per heavy atom. The van der Waals surface area contributed by atoms with Crippen molar-refractivity contribution in [3.05, 3.63) is 18.1 Å². The molecule has 1 saturated heterocycles. The van der Waals surface area contributed by atoms with Crippen molar-refractivity contribution < 1.29 is 8.42 Å². The van der Waals surface area contributed by atoms with E-state index in [2.05, 4.69) is 9.97 Å². The van der Waals surface area contributed by atoms with E-state index in [0.717, 1.165) is 0 Å². The molecule has 1 aliphatic rings. The van der Waals surface area contributed by atoms with Gasteiger partial charge in [-0.05, 0) is 6.92 Å². The molecule has 17 heavy (non-hydrogen) atoms. The zero-order chi connectivity index (χ0) is 12.5. The van der Waals surface area contributed by atoms with Gasteiger partial charge in [-0.3, -0.25) is 4.98 Å². The highest BCUT2D eigenvalue weighted by atomic mass is 32.2. The lowest BCUT2D eigenvalue weighted by molar-refractivity contribution is 0.565. The van der Waals surface area contributed by atoms with E-state index < -0.39 is 9.84 Å². The quantitative estimate of drug-likeness (QED) is 0.771. The normalized spacial score (nSPS) is 23.6. The third-order valence-electron chi connectivity index (χ3n) is 2.89. The van der Waals surface area contributed by atoms with Crippen molar-refractivity contribution in [2.24, 2.45) is 5.73 Å². The molecule has 1 atom stereocenters. The van der Waals surface area contributed by atoms with Gasteiger partial charge in [-0.1, -0.05) is 0 Å². The summed E-state index contributed by atoms with van der Waals surface area (Å²) >= 11 is 0. The Bertz CT molecular complexity index is 503.